The SMILES string of the molecule is CCN(CC)C(=O)C(C)NCCOCCOC. The number of hydrogen-bond donors (Lipinski definition) is 1. The third kappa shape index (κ3) is 7.31. The van der Waals surface area contributed by atoms with Crippen LogP contribution in [0.2, 0.25) is 0 Å². The van der Waals surface area contributed by atoms with E-state index in [-0.39, 0.29) is 11.9 Å². The molecule has 5 nitrogen and oxygen atoms in total. The van der Waals surface area contributed by atoms with Crippen LogP contribution >= 0.6 is 0 Å². The van der Waals surface area contributed by atoms with E-state index in [9.17, 15) is 4.79 Å². The van der Waals surface area contributed by atoms with Crippen LogP contribution in [0, 0.1) is 0 Å². The Hall–Kier alpha value is -0.650. The Morgan fingerprint density at radius 2 is 1.88 bits per heavy atom. The number of carbonyl (C=O) groups excluding carboxylic acids is 1. The van der Waals surface area contributed by atoms with Crippen molar-refractivity contribution < 1.29 is 14.3 Å². The molecule has 0 aromatic carbocycles. The van der Waals surface area contributed by atoms with Gasteiger partial charge < -0.3 is 19.7 Å². The van der Waals surface area contributed by atoms with Crippen molar-refractivity contribution >= 4 is 5.91 Å². The van der Waals surface area contributed by atoms with E-state index >= 15 is 0 Å². The summed E-state index contributed by atoms with van der Waals surface area (Å²) in [6.45, 7) is 9.85. The molecule has 102 valence electrons. The van der Waals surface area contributed by atoms with Gasteiger partial charge in [-0.1, -0.05) is 0 Å². The summed E-state index contributed by atoms with van der Waals surface area (Å²) in [6.07, 6.45) is 0. The van der Waals surface area contributed by atoms with Crippen LogP contribution in [0.25, 0.3) is 0 Å². The number of likely N-dealkylation sites (N-methyl/N-ethyl adjacent to an activating group) is 1. The lowest BCUT2D eigenvalue weighted by molar-refractivity contribution is -0.132. The molecule has 0 rings (SSSR count). The molecule has 0 aromatic heterocycles. The average Bonchev–Trinajstić information content (AvgIpc) is 2.34. The molecule has 0 aliphatic heterocycles. The summed E-state index contributed by atoms with van der Waals surface area (Å²) >= 11 is 0. The van der Waals surface area contributed by atoms with E-state index < -0.39 is 0 Å². The summed E-state index contributed by atoms with van der Waals surface area (Å²) in [5.74, 6) is 0.145. The first-order valence-electron chi connectivity index (χ1n) is 6.26. The molecule has 1 N–H and O–H groups in total. The molecule has 17 heavy (non-hydrogen) atoms. The van der Waals surface area contributed by atoms with Gasteiger partial charge in [-0.25, -0.2) is 0 Å². The van der Waals surface area contributed by atoms with E-state index in [4.69, 9.17) is 9.47 Å². The van der Waals surface area contributed by atoms with E-state index in [0.717, 1.165) is 13.1 Å². The zero-order valence-corrected chi connectivity index (χ0v) is 11.5. The summed E-state index contributed by atoms with van der Waals surface area (Å²) in [6, 6.07) is -0.152. The van der Waals surface area contributed by atoms with Crippen molar-refractivity contribution in [3.05, 3.63) is 0 Å². The molecule has 1 atom stereocenters. The summed E-state index contributed by atoms with van der Waals surface area (Å²) in [4.78, 5) is 13.7. The fourth-order valence-corrected chi connectivity index (χ4v) is 1.49. The first-order chi connectivity index (χ1) is 8.17. The van der Waals surface area contributed by atoms with E-state index in [2.05, 4.69) is 5.32 Å². The number of nitrogens with zero attached hydrogens (tertiary/aromatic N) is 1. The van der Waals surface area contributed by atoms with Crippen LogP contribution in [-0.2, 0) is 14.3 Å². The van der Waals surface area contributed by atoms with Gasteiger partial charge in [0.2, 0.25) is 5.91 Å². The Morgan fingerprint density at radius 3 is 2.41 bits per heavy atom. The largest absolute Gasteiger partial charge is 0.382 e. The predicted octanol–water partition coefficient (Wildman–Crippen LogP) is 0.496. The highest BCUT2D eigenvalue weighted by Crippen LogP contribution is 1.94. The van der Waals surface area contributed by atoms with Crippen molar-refractivity contribution in [2.75, 3.05) is 46.6 Å². The fraction of sp³-hybridized carbons (Fsp3) is 0.917. The smallest absolute Gasteiger partial charge is 0.239 e. The molecule has 0 spiro atoms. The lowest BCUT2D eigenvalue weighted by Crippen LogP contribution is -2.45. The topological polar surface area (TPSA) is 50.8 Å². The maximum Gasteiger partial charge on any atom is 0.239 e. The lowest BCUT2D eigenvalue weighted by Gasteiger charge is -2.23. The zero-order valence-electron chi connectivity index (χ0n) is 11.5. The molecule has 0 radical (unpaired) electrons. The van der Waals surface area contributed by atoms with Gasteiger partial charge in [0.05, 0.1) is 25.9 Å². The molecule has 0 aromatic rings. The minimum absolute atomic E-state index is 0.145. The van der Waals surface area contributed by atoms with Gasteiger partial charge in [-0.15, -0.1) is 0 Å². The number of methoxy groups -OCH3 is 1. The number of nitrogens with one attached hydrogen (secondary N) is 1. The van der Waals surface area contributed by atoms with Crippen molar-refractivity contribution in [3.63, 3.8) is 0 Å². The van der Waals surface area contributed by atoms with Crippen LogP contribution in [-0.4, -0.2) is 63.4 Å². The second kappa shape index (κ2) is 10.5. The molecule has 0 aliphatic rings. The average molecular weight is 246 g/mol. The van der Waals surface area contributed by atoms with Crippen LogP contribution in [0.5, 0.6) is 0 Å². The van der Waals surface area contributed by atoms with Crippen LogP contribution in [0.4, 0.5) is 0 Å². The first kappa shape index (κ1) is 16.4. The minimum atomic E-state index is -0.152. The van der Waals surface area contributed by atoms with Gasteiger partial charge in [0, 0.05) is 26.7 Å². The van der Waals surface area contributed by atoms with Gasteiger partial charge in [-0.3, -0.25) is 4.79 Å². The summed E-state index contributed by atoms with van der Waals surface area (Å²) in [5.41, 5.74) is 0. The number of rotatable bonds is 10. The standard InChI is InChI=1S/C12H26N2O3/c1-5-14(6-2)12(15)11(3)13-7-8-17-10-9-16-4/h11,13H,5-10H2,1-4H3. The third-order valence-corrected chi connectivity index (χ3v) is 2.57. The summed E-state index contributed by atoms with van der Waals surface area (Å²) < 4.78 is 10.2. The Kier molecular flexibility index (Phi) is 10.1. The van der Waals surface area contributed by atoms with E-state index in [1.54, 1.807) is 7.11 Å². The van der Waals surface area contributed by atoms with Gasteiger partial charge in [-0.2, -0.15) is 0 Å². The maximum absolute atomic E-state index is 11.9. The molecule has 1 unspecified atom stereocenters. The predicted molar refractivity (Wildman–Crippen MR) is 68.1 cm³/mol. The molecule has 0 saturated heterocycles. The van der Waals surface area contributed by atoms with Crippen LogP contribution in [0.15, 0.2) is 0 Å². The van der Waals surface area contributed by atoms with Gasteiger partial charge >= 0.3 is 0 Å². The second-order valence-corrected chi connectivity index (χ2v) is 3.79. The van der Waals surface area contributed by atoms with Crippen molar-refractivity contribution in [2.24, 2.45) is 0 Å². The summed E-state index contributed by atoms with van der Waals surface area (Å²) in [7, 11) is 1.65. The number of hydrogen-bond acceptors (Lipinski definition) is 4. The molecular formula is C12H26N2O3. The highest BCUT2D eigenvalue weighted by Gasteiger charge is 2.16. The fourth-order valence-electron chi connectivity index (χ4n) is 1.49. The van der Waals surface area contributed by atoms with E-state index in [0.29, 0.717) is 26.4 Å². The zero-order chi connectivity index (χ0) is 13.1. The molecule has 5 heteroatoms. The highest BCUT2D eigenvalue weighted by atomic mass is 16.5. The number of carbonyl (C=O) groups is 1. The molecule has 0 bridgehead atoms. The Morgan fingerprint density at radius 1 is 1.24 bits per heavy atom. The maximum atomic E-state index is 11.9. The van der Waals surface area contributed by atoms with Crippen molar-refractivity contribution in [1.29, 1.82) is 0 Å². The van der Waals surface area contributed by atoms with Crippen molar-refractivity contribution in [2.45, 2.75) is 26.8 Å². The lowest BCUT2D eigenvalue weighted by atomic mass is 10.3. The monoisotopic (exact) mass is 246 g/mol. The second-order valence-electron chi connectivity index (χ2n) is 3.79. The number of ether oxygens (including phenoxy) is 2. The van der Waals surface area contributed by atoms with Gasteiger partial charge in [0.25, 0.3) is 0 Å². The van der Waals surface area contributed by atoms with Gasteiger partial charge in [0.1, 0.15) is 0 Å². The molecule has 0 aliphatic carbocycles. The third-order valence-electron chi connectivity index (χ3n) is 2.57. The molecule has 1 amide bonds. The number of amides is 1. The first-order valence-corrected chi connectivity index (χ1v) is 6.26. The molecule has 0 saturated carbocycles. The Labute approximate surface area is 104 Å². The Bertz CT molecular complexity index is 196. The Balaban J connectivity index is 3.63. The van der Waals surface area contributed by atoms with Gasteiger partial charge in [0.15, 0.2) is 0 Å². The van der Waals surface area contributed by atoms with E-state index in [1.165, 1.54) is 0 Å². The van der Waals surface area contributed by atoms with Crippen molar-refractivity contribution in [1.82, 2.24) is 10.2 Å². The highest BCUT2D eigenvalue weighted by molar-refractivity contribution is 5.81. The molecule has 0 heterocycles. The minimum Gasteiger partial charge on any atom is -0.382 e. The quantitative estimate of drug-likeness (QED) is 0.570. The van der Waals surface area contributed by atoms with Crippen LogP contribution in [0.1, 0.15) is 20.8 Å². The van der Waals surface area contributed by atoms with E-state index in [1.807, 2.05) is 25.7 Å². The normalized spacial score (nSPS) is 12.5. The molecular weight excluding hydrogens is 220 g/mol. The molecule has 0 fully saturated rings. The van der Waals surface area contributed by atoms with Crippen LogP contribution < -0.4 is 5.32 Å². The summed E-state index contributed by atoms with van der Waals surface area (Å²) in [5, 5.41) is 3.15. The van der Waals surface area contributed by atoms with Gasteiger partial charge in [-0.05, 0) is 20.8 Å². The van der Waals surface area contributed by atoms with Crippen LogP contribution in [0.3, 0.4) is 0 Å². The van der Waals surface area contributed by atoms with Crippen molar-refractivity contribution in [3.8, 4) is 0 Å².